The SMILES string of the molecule is C=CC(=CC)C(=O)NC(C(=O)N1CCC(Oc2ccccc2)(C(=O)NC)CC1)C(C)C. The maximum Gasteiger partial charge on any atom is 0.264 e. The van der Waals surface area contributed by atoms with Gasteiger partial charge in [0.25, 0.3) is 11.8 Å². The molecular formula is C24H33N3O4. The number of allylic oxidation sites excluding steroid dienone is 1. The van der Waals surface area contributed by atoms with Gasteiger partial charge in [-0.3, -0.25) is 14.4 Å². The van der Waals surface area contributed by atoms with E-state index in [1.165, 1.54) is 6.08 Å². The van der Waals surface area contributed by atoms with Gasteiger partial charge < -0.3 is 20.3 Å². The molecule has 1 fully saturated rings. The van der Waals surface area contributed by atoms with Crippen LogP contribution in [0.3, 0.4) is 0 Å². The Balaban J connectivity index is 2.13. The molecule has 2 rings (SSSR count). The topological polar surface area (TPSA) is 87.7 Å². The van der Waals surface area contributed by atoms with E-state index in [9.17, 15) is 14.4 Å². The molecule has 1 heterocycles. The summed E-state index contributed by atoms with van der Waals surface area (Å²) in [5, 5.41) is 5.52. The molecule has 1 aliphatic heterocycles. The molecule has 1 aromatic rings. The van der Waals surface area contributed by atoms with Crippen molar-refractivity contribution in [3.63, 3.8) is 0 Å². The Labute approximate surface area is 184 Å². The molecule has 1 unspecified atom stereocenters. The van der Waals surface area contributed by atoms with Crippen LogP contribution in [0.2, 0.25) is 0 Å². The van der Waals surface area contributed by atoms with Crippen LogP contribution >= 0.6 is 0 Å². The zero-order valence-corrected chi connectivity index (χ0v) is 18.8. The predicted octanol–water partition coefficient (Wildman–Crippen LogP) is 2.45. The molecule has 0 radical (unpaired) electrons. The van der Waals surface area contributed by atoms with Gasteiger partial charge in [0.05, 0.1) is 0 Å². The first kappa shape index (κ1) is 24.2. The zero-order chi connectivity index (χ0) is 23.0. The van der Waals surface area contributed by atoms with Crippen molar-refractivity contribution in [3.8, 4) is 5.75 Å². The molecular weight excluding hydrogens is 394 g/mol. The number of benzene rings is 1. The molecule has 7 nitrogen and oxygen atoms in total. The Morgan fingerprint density at radius 3 is 2.26 bits per heavy atom. The van der Waals surface area contributed by atoms with Gasteiger partial charge in [0.1, 0.15) is 11.8 Å². The van der Waals surface area contributed by atoms with Crippen molar-refractivity contribution in [2.45, 2.75) is 45.3 Å². The summed E-state index contributed by atoms with van der Waals surface area (Å²) in [6.45, 7) is 9.89. The average molecular weight is 428 g/mol. The summed E-state index contributed by atoms with van der Waals surface area (Å²) in [5.41, 5.74) is -0.614. The van der Waals surface area contributed by atoms with Crippen molar-refractivity contribution in [1.82, 2.24) is 15.5 Å². The number of carbonyl (C=O) groups excluding carboxylic acids is 3. The number of carbonyl (C=O) groups is 3. The fraction of sp³-hybridized carbons (Fsp3) is 0.458. The smallest absolute Gasteiger partial charge is 0.264 e. The molecule has 0 bridgehead atoms. The average Bonchev–Trinajstić information content (AvgIpc) is 2.78. The molecule has 0 aliphatic carbocycles. The van der Waals surface area contributed by atoms with E-state index in [0.29, 0.717) is 37.3 Å². The molecule has 1 aromatic carbocycles. The molecule has 1 aliphatic rings. The number of likely N-dealkylation sites (N-methyl/N-ethyl adjacent to an activating group) is 1. The van der Waals surface area contributed by atoms with Crippen LogP contribution in [0.25, 0.3) is 0 Å². The number of nitrogens with zero attached hydrogens (tertiary/aromatic N) is 1. The Morgan fingerprint density at radius 2 is 1.77 bits per heavy atom. The lowest BCUT2D eigenvalue weighted by Crippen LogP contribution is -2.60. The number of para-hydroxylation sites is 1. The summed E-state index contributed by atoms with van der Waals surface area (Å²) < 4.78 is 6.12. The first-order chi connectivity index (χ1) is 14.8. The number of amides is 3. The first-order valence-electron chi connectivity index (χ1n) is 10.6. The number of piperidine rings is 1. The van der Waals surface area contributed by atoms with Crippen LogP contribution in [-0.2, 0) is 14.4 Å². The van der Waals surface area contributed by atoms with Gasteiger partial charge in [-0.15, -0.1) is 0 Å². The number of ether oxygens (including phenoxy) is 1. The molecule has 1 saturated heterocycles. The third-order valence-corrected chi connectivity index (χ3v) is 5.59. The highest BCUT2D eigenvalue weighted by atomic mass is 16.5. The van der Waals surface area contributed by atoms with Gasteiger partial charge in [0.15, 0.2) is 5.60 Å². The lowest BCUT2D eigenvalue weighted by atomic mass is 9.89. The fourth-order valence-electron chi connectivity index (χ4n) is 3.68. The Bertz CT molecular complexity index is 824. The van der Waals surface area contributed by atoms with E-state index in [-0.39, 0.29) is 23.6 Å². The first-order valence-corrected chi connectivity index (χ1v) is 10.6. The van der Waals surface area contributed by atoms with Gasteiger partial charge >= 0.3 is 0 Å². The van der Waals surface area contributed by atoms with E-state index in [2.05, 4.69) is 17.2 Å². The number of hydrogen-bond acceptors (Lipinski definition) is 4. The largest absolute Gasteiger partial charge is 0.477 e. The second-order valence-corrected chi connectivity index (χ2v) is 7.96. The van der Waals surface area contributed by atoms with Crippen molar-refractivity contribution in [2.24, 2.45) is 5.92 Å². The monoisotopic (exact) mass is 427 g/mol. The quantitative estimate of drug-likeness (QED) is 0.493. The van der Waals surface area contributed by atoms with Crippen LogP contribution in [0.4, 0.5) is 0 Å². The standard InChI is InChI=1S/C24H33N3O4/c1-6-18(7-2)21(28)26-20(17(3)4)22(29)27-15-13-24(14-16-27,23(30)25-5)31-19-11-9-8-10-12-19/h6-12,17,20H,1,13-16H2,2-5H3,(H,25,30)(H,26,28). The summed E-state index contributed by atoms with van der Waals surface area (Å²) in [6.07, 6.45) is 3.85. The van der Waals surface area contributed by atoms with Gasteiger partial charge in [0, 0.05) is 38.6 Å². The van der Waals surface area contributed by atoms with Gasteiger partial charge in [0.2, 0.25) is 5.91 Å². The van der Waals surface area contributed by atoms with Crippen molar-refractivity contribution >= 4 is 17.7 Å². The van der Waals surface area contributed by atoms with Crippen LogP contribution in [-0.4, -0.2) is 54.4 Å². The van der Waals surface area contributed by atoms with Crippen LogP contribution in [0, 0.1) is 5.92 Å². The molecule has 1 atom stereocenters. The number of hydrogen-bond donors (Lipinski definition) is 2. The van der Waals surface area contributed by atoms with E-state index in [4.69, 9.17) is 4.74 Å². The zero-order valence-electron chi connectivity index (χ0n) is 18.8. The fourth-order valence-corrected chi connectivity index (χ4v) is 3.68. The molecule has 0 saturated carbocycles. The van der Waals surface area contributed by atoms with Crippen LogP contribution < -0.4 is 15.4 Å². The lowest BCUT2D eigenvalue weighted by molar-refractivity contribution is -0.148. The summed E-state index contributed by atoms with van der Waals surface area (Å²) in [6, 6.07) is 8.54. The molecule has 2 N–H and O–H groups in total. The molecule has 168 valence electrons. The lowest BCUT2D eigenvalue weighted by Gasteiger charge is -2.41. The predicted molar refractivity (Wildman–Crippen MR) is 120 cm³/mol. The highest BCUT2D eigenvalue weighted by molar-refractivity contribution is 5.99. The molecule has 31 heavy (non-hydrogen) atoms. The van der Waals surface area contributed by atoms with Crippen molar-refractivity contribution in [3.05, 3.63) is 54.6 Å². The van der Waals surface area contributed by atoms with Crippen molar-refractivity contribution in [2.75, 3.05) is 20.1 Å². The maximum absolute atomic E-state index is 13.2. The van der Waals surface area contributed by atoms with Gasteiger partial charge in [-0.1, -0.05) is 50.8 Å². The summed E-state index contributed by atoms with van der Waals surface area (Å²) in [7, 11) is 1.58. The maximum atomic E-state index is 13.2. The van der Waals surface area contributed by atoms with E-state index in [1.54, 1.807) is 24.9 Å². The Morgan fingerprint density at radius 1 is 1.16 bits per heavy atom. The minimum atomic E-state index is -1.04. The van der Waals surface area contributed by atoms with Gasteiger partial charge in [-0.25, -0.2) is 0 Å². The summed E-state index contributed by atoms with van der Waals surface area (Å²) in [4.78, 5) is 40.0. The molecule has 3 amide bonds. The summed E-state index contributed by atoms with van der Waals surface area (Å²) >= 11 is 0. The minimum absolute atomic E-state index is 0.0921. The van der Waals surface area contributed by atoms with E-state index in [1.807, 2.05) is 44.2 Å². The van der Waals surface area contributed by atoms with Crippen LogP contribution in [0.15, 0.2) is 54.6 Å². The second kappa shape index (κ2) is 10.8. The summed E-state index contributed by atoms with van der Waals surface area (Å²) in [5.74, 6) is -0.172. The minimum Gasteiger partial charge on any atom is -0.477 e. The highest BCUT2D eigenvalue weighted by Crippen LogP contribution is 2.30. The third-order valence-electron chi connectivity index (χ3n) is 5.59. The van der Waals surface area contributed by atoms with E-state index >= 15 is 0 Å². The van der Waals surface area contributed by atoms with E-state index in [0.717, 1.165) is 0 Å². The molecule has 7 heteroatoms. The van der Waals surface area contributed by atoms with Gasteiger partial charge in [-0.2, -0.15) is 0 Å². The second-order valence-electron chi connectivity index (χ2n) is 7.96. The normalized spacial score (nSPS) is 16.9. The van der Waals surface area contributed by atoms with Crippen LogP contribution in [0.1, 0.15) is 33.6 Å². The molecule has 0 aromatic heterocycles. The van der Waals surface area contributed by atoms with Crippen molar-refractivity contribution in [1.29, 1.82) is 0 Å². The number of likely N-dealkylation sites (tertiary alicyclic amines) is 1. The van der Waals surface area contributed by atoms with Crippen LogP contribution in [0.5, 0.6) is 5.75 Å². The number of rotatable bonds is 8. The van der Waals surface area contributed by atoms with Crippen molar-refractivity contribution < 1.29 is 19.1 Å². The molecule has 0 spiro atoms. The number of nitrogens with one attached hydrogen (secondary N) is 2. The third kappa shape index (κ3) is 5.75. The Kier molecular flexibility index (Phi) is 8.42. The van der Waals surface area contributed by atoms with Gasteiger partial charge in [-0.05, 0) is 25.0 Å². The van der Waals surface area contributed by atoms with E-state index < -0.39 is 11.6 Å². The Hall–Kier alpha value is -3.09. The highest BCUT2D eigenvalue weighted by Gasteiger charge is 2.45.